The molecule has 0 atom stereocenters. The van der Waals surface area contributed by atoms with Crippen LogP contribution in [0.1, 0.15) is 105 Å². The van der Waals surface area contributed by atoms with Crippen molar-refractivity contribution in [1.29, 1.82) is 0 Å². The summed E-state index contributed by atoms with van der Waals surface area (Å²) in [5, 5.41) is 39.0. The predicted molar refractivity (Wildman–Crippen MR) is 118 cm³/mol. The molecule has 0 bridgehead atoms. The molecule has 12 nitrogen and oxygen atoms in total. The summed E-state index contributed by atoms with van der Waals surface area (Å²) in [5.41, 5.74) is 0. The maximum atomic E-state index is 10.4. The van der Waals surface area contributed by atoms with Crippen LogP contribution in [0.5, 0.6) is 0 Å². The van der Waals surface area contributed by atoms with E-state index in [9.17, 15) is 58.8 Å². The summed E-state index contributed by atoms with van der Waals surface area (Å²) >= 11 is 0. The molecule has 0 aromatic rings. The molecule has 0 N–H and O–H groups in total. The van der Waals surface area contributed by atoms with Gasteiger partial charge in [0, 0.05) is 75.2 Å². The minimum Gasteiger partial charge on any atom is -0.550 e. The first-order valence-electron chi connectivity index (χ1n) is 11.5. The van der Waals surface area contributed by atoms with Crippen LogP contribution in [0.3, 0.4) is 0 Å². The van der Waals surface area contributed by atoms with Crippen molar-refractivity contribution in [1.82, 2.24) is 0 Å². The Morgan fingerprint density at radius 3 is 0.595 bits per heavy atom. The van der Waals surface area contributed by atoms with Gasteiger partial charge in [-0.25, -0.2) is 0 Å². The molecule has 0 aromatic carbocycles. The van der Waals surface area contributed by atoms with E-state index < -0.39 is 49.6 Å². The molecule has 0 heterocycles. The summed E-state index contributed by atoms with van der Waals surface area (Å²) < 4.78 is 0. The van der Waals surface area contributed by atoms with Gasteiger partial charge in [0.25, 0.3) is 0 Å². The molecule has 13 heteroatoms. The van der Waals surface area contributed by atoms with Crippen LogP contribution in [0.15, 0.2) is 0 Å². The molecule has 0 amide bonds. The fraction of sp³-hybridized carbons (Fsp3) is 0.667. The number of carboxylic acid groups (broad SMARTS) is 4. The summed E-state index contributed by atoms with van der Waals surface area (Å²) in [6.07, 6.45) is 2.42. The SMILES string of the molecule is CCCC(=O)CC(=O)[O-].CCCC(=O)CC(=O)[O-].CCCC(=O)CC(=O)[O-].CCCC(=O)CC(=O)[O-].[Hf+4]. The fourth-order valence-corrected chi connectivity index (χ4v) is 2.11. The third-order valence-corrected chi connectivity index (χ3v) is 3.48. The van der Waals surface area contributed by atoms with Gasteiger partial charge in [-0.2, -0.15) is 0 Å². The van der Waals surface area contributed by atoms with Gasteiger partial charge in [-0.05, 0) is 25.7 Å². The molecule has 0 aliphatic heterocycles. The molecule has 0 unspecified atom stereocenters. The van der Waals surface area contributed by atoms with E-state index in [0.717, 1.165) is 0 Å². The van der Waals surface area contributed by atoms with Crippen LogP contribution in [0, 0.1) is 0 Å². The van der Waals surface area contributed by atoms with Crippen LogP contribution in [0.2, 0.25) is 0 Å². The third kappa shape index (κ3) is 51.1. The number of ketones is 4. The van der Waals surface area contributed by atoms with E-state index in [2.05, 4.69) is 0 Å². The van der Waals surface area contributed by atoms with Gasteiger partial charge >= 0.3 is 25.8 Å². The number of rotatable bonds is 16. The first-order chi connectivity index (χ1) is 16.7. The minimum absolute atomic E-state index is 0. The second-order valence-corrected chi connectivity index (χ2v) is 7.35. The van der Waals surface area contributed by atoms with Gasteiger partial charge in [-0.3, -0.25) is 19.2 Å². The second-order valence-electron chi connectivity index (χ2n) is 7.35. The monoisotopic (exact) mass is 696 g/mol. The van der Waals surface area contributed by atoms with Crippen LogP contribution in [0.25, 0.3) is 0 Å². The molecule has 0 radical (unpaired) electrons. The van der Waals surface area contributed by atoms with Gasteiger partial charge in [0.1, 0.15) is 23.1 Å². The minimum atomic E-state index is -1.28. The maximum absolute atomic E-state index is 10.4. The topological polar surface area (TPSA) is 229 Å². The largest absolute Gasteiger partial charge is 4.00 e. The fourth-order valence-electron chi connectivity index (χ4n) is 2.11. The van der Waals surface area contributed by atoms with Crippen molar-refractivity contribution >= 4 is 47.0 Å². The van der Waals surface area contributed by atoms with E-state index in [-0.39, 0.29) is 49.0 Å². The van der Waals surface area contributed by atoms with Gasteiger partial charge in [0.2, 0.25) is 0 Å². The molecule has 0 saturated heterocycles. The quantitative estimate of drug-likeness (QED) is 0.126. The molecule has 0 fully saturated rings. The van der Waals surface area contributed by atoms with Crippen molar-refractivity contribution in [2.24, 2.45) is 0 Å². The van der Waals surface area contributed by atoms with Crippen molar-refractivity contribution in [3.8, 4) is 0 Å². The zero-order chi connectivity index (χ0) is 29.1. The molecule has 208 valence electrons. The number of Topliss-reactive ketones (excluding diaryl/α,β-unsaturated/α-hetero) is 4. The number of hydrogen-bond donors (Lipinski definition) is 0. The Kier molecular flexibility index (Phi) is 37.8. The average molecular weight is 695 g/mol. The number of carbonyl (C=O) groups excluding carboxylic acids is 8. The van der Waals surface area contributed by atoms with Crippen LogP contribution in [-0.4, -0.2) is 47.0 Å². The molecule has 0 aliphatic carbocycles. The summed E-state index contributed by atoms with van der Waals surface area (Å²) in [4.78, 5) is 80.7. The average Bonchev–Trinajstić information content (AvgIpc) is 2.68. The molecular weight excluding hydrogens is 659 g/mol. The van der Waals surface area contributed by atoms with E-state index >= 15 is 0 Å². The van der Waals surface area contributed by atoms with Crippen molar-refractivity contribution in [2.45, 2.75) is 105 Å². The first-order valence-corrected chi connectivity index (χ1v) is 11.5. The van der Waals surface area contributed by atoms with E-state index in [1.54, 1.807) is 0 Å². The summed E-state index contributed by atoms with van der Waals surface area (Å²) in [5.74, 6) is -6.14. The summed E-state index contributed by atoms with van der Waals surface area (Å²) in [7, 11) is 0. The standard InChI is InChI=1S/4C6H10O3.Hf/c4*1-2-3-5(7)4-6(8)9;/h4*2-4H2,1H3,(H,8,9);/q;;;;+4/p-4. The molecule has 0 aliphatic rings. The smallest absolute Gasteiger partial charge is 0.550 e. The van der Waals surface area contributed by atoms with Gasteiger partial charge in [0.15, 0.2) is 0 Å². The number of hydrogen-bond acceptors (Lipinski definition) is 12. The van der Waals surface area contributed by atoms with Gasteiger partial charge in [-0.1, -0.05) is 27.7 Å². The van der Waals surface area contributed by atoms with Crippen molar-refractivity contribution in [3.63, 3.8) is 0 Å². The third-order valence-electron chi connectivity index (χ3n) is 3.48. The Balaban J connectivity index is -0.000000122. The van der Waals surface area contributed by atoms with E-state index in [1.807, 2.05) is 27.7 Å². The Morgan fingerprint density at radius 1 is 0.378 bits per heavy atom. The molecule has 0 rings (SSSR count). The summed E-state index contributed by atoms with van der Waals surface area (Å²) in [6.45, 7) is 7.31. The van der Waals surface area contributed by atoms with Crippen LogP contribution < -0.4 is 20.4 Å². The van der Waals surface area contributed by atoms with Gasteiger partial charge in [0.05, 0.1) is 0 Å². The van der Waals surface area contributed by atoms with Crippen LogP contribution in [-0.2, 0) is 64.2 Å². The van der Waals surface area contributed by atoms with Crippen molar-refractivity contribution in [3.05, 3.63) is 0 Å². The molecular formula is C24H36HfO12. The van der Waals surface area contributed by atoms with Gasteiger partial charge in [-0.15, -0.1) is 0 Å². The number of carbonyl (C=O) groups is 8. The van der Waals surface area contributed by atoms with Crippen molar-refractivity contribution in [2.75, 3.05) is 0 Å². The summed E-state index contributed by atoms with van der Waals surface area (Å²) in [6, 6.07) is 0. The maximum Gasteiger partial charge on any atom is 4.00 e. The van der Waals surface area contributed by atoms with Crippen molar-refractivity contribution < 1.29 is 84.6 Å². The van der Waals surface area contributed by atoms with E-state index in [4.69, 9.17) is 0 Å². The second kappa shape index (κ2) is 31.5. The molecule has 37 heavy (non-hydrogen) atoms. The Morgan fingerprint density at radius 2 is 0.514 bits per heavy atom. The Bertz CT molecular complexity index is 597. The Hall–Kier alpha value is -2.57. The zero-order valence-corrected chi connectivity index (χ0v) is 25.5. The molecule has 0 aromatic heterocycles. The Labute approximate surface area is 236 Å². The number of carboxylic acids is 4. The first kappa shape index (κ1) is 44.4. The number of aliphatic carboxylic acids is 4. The van der Waals surface area contributed by atoms with Crippen LogP contribution >= 0.6 is 0 Å². The predicted octanol–water partition coefficient (Wildman–Crippen LogP) is -2.02. The van der Waals surface area contributed by atoms with E-state index in [1.165, 1.54) is 0 Å². The zero-order valence-electron chi connectivity index (χ0n) is 21.9. The van der Waals surface area contributed by atoms with Gasteiger partial charge < -0.3 is 39.6 Å². The van der Waals surface area contributed by atoms with Crippen LogP contribution in [0.4, 0.5) is 0 Å². The molecule has 0 saturated carbocycles. The van der Waals surface area contributed by atoms with E-state index in [0.29, 0.717) is 51.4 Å². The normalized spacial score (nSPS) is 8.76. The molecule has 0 spiro atoms.